The molecule has 1 aromatic heterocycles. The van der Waals surface area contributed by atoms with Gasteiger partial charge in [-0.15, -0.1) is 11.3 Å². The van der Waals surface area contributed by atoms with Gasteiger partial charge in [-0.3, -0.25) is 4.79 Å². The maximum absolute atomic E-state index is 12.7. The number of carbonyl (C=O) groups excluding carboxylic acids is 1. The molecule has 3 heterocycles. The predicted octanol–water partition coefficient (Wildman–Crippen LogP) is 3.68. The fourth-order valence-corrected chi connectivity index (χ4v) is 4.77. The molecule has 1 unspecified atom stereocenters. The normalized spacial score (nSPS) is 20.2. The lowest BCUT2D eigenvalue weighted by Crippen LogP contribution is -2.39. The smallest absolute Gasteiger partial charge is 0.275 e. The molecule has 2 saturated heterocycles. The van der Waals surface area contributed by atoms with Crippen molar-refractivity contribution in [2.45, 2.75) is 31.8 Å². The molecule has 4 rings (SSSR count). The summed E-state index contributed by atoms with van der Waals surface area (Å²) in [6, 6.07) is 6.40. The van der Waals surface area contributed by atoms with E-state index in [0.717, 1.165) is 50.6 Å². The summed E-state index contributed by atoms with van der Waals surface area (Å²) in [7, 11) is 0. The number of morpholine rings is 1. The highest BCUT2D eigenvalue weighted by Gasteiger charge is 2.20. The molecule has 1 amide bonds. The van der Waals surface area contributed by atoms with E-state index in [1.807, 2.05) is 0 Å². The minimum Gasteiger partial charge on any atom is -0.375 e. The number of anilines is 2. The summed E-state index contributed by atoms with van der Waals surface area (Å²) in [6.07, 6.45) is 4.66. The van der Waals surface area contributed by atoms with Gasteiger partial charge in [-0.2, -0.15) is 0 Å². The topological polar surface area (TPSA) is 66.5 Å². The van der Waals surface area contributed by atoms with Gasteiger partial charge in [-0.1, -0.05) is 6.07 Å². The molecular formula is C20H25BrN4O2S. The Hall–Kier alpha value is -1.48. The zero-order valence-corrected chi connectivity index (χ0v) is 18.2. The quantitative estimate of drug-likeness (QED) is 0.706. The Balaban J connectivity index is 1.57. The van der Waals surface area contributed by atoms with Crippen molar-refractivity contribution in [2.75, 3.05) is 43.0 Å². The van der Waals surface area contributed by atoms with Crippen LogP contribution < -0.4 is 15.5 Å². The second-order valence-corrected chi connectivity index (χ2v) is 9.37. The maximum Gasteiger partial charge on any atom is 0.275 e. The Morgan fingerprint density at radius 2 is 2.21 bits per heavy atom. The van der Waals surface area contributed by atoms with Crippen LogP contribution in [0.5, 0.6) is 0 Å². The minimum atomic E-state index is -0.173. The molecule has 1 aromatic carbocycles. The fraction of sp³-hybridized carbons (Fsp3) is 0.500. The lowest BCUT2D eigenvalue weighted by Gasteiger charge is -2.31. The number of rotatable bonds is 5. The summed E-state index contributed by atoms with van der Waals surface area (Å²) in [5.74, 6) is -0.173. The molecule has 8 heteroatoms. The van der Waals surface area contributed by atoms with Crippen LogP contribution in [-0.4, -0.2) is 49.8 Å². The van der Waals surface area contributed by atoms with Crippen molar-refractivity contribution in [3.05, 3.63) is 38.8 Å². The number of nitrogens with one attached hydrogen (secondary N) is 2. The van der Waals surface area contributed by atoms with Crippen molar-refractivity contribution in [2.24, 2.45) is 0 Å². The van der Waals surface area contributed by atoms with Crippen LogP contribution in [0.3, 0.4) is 0 Å². The second-order valence-electron chi connectivity index (χ2n) is 7.24. The minimum absolute atomic E-state index is 0.173. The van der Waals surface area contributed by atoms with E-state index < -0.39 is 0 Å². The largest absolute Gasteiger partial charge is 0.375 e. The van der Waals surface area contributed by atoms with Crippen molar-refractivity contribution >= 4 is 44.5 Å². The molecule has 28 heavy (non-hydrogen) atoms. The molecule has 2 aliphatic heterocycles. The fourth-order valence-electron chi connectivity index (χ4n) is 3.78. The number of ether oxygens (including phenoxy) is 1. The molecule has 6 nitrogen and oxygen atoms in total. The van der Waals surface area contributed by atoms with Crippen LogP contribution in [0, 0.1) is 0 Å². The standard InChI is InChI=1S/C20H25BrN4O2S/c21-20-24-17(13-28-20)19(26)23-16-11-14(10-15-12-22-6-9-27-15)4-5-18(16)25-7-2-1-3-8-25/h4-5,11,13,15,22H,1-3,6-10,12H2,(H,23,26). The number of nitrogens with zero attached hydrogens (tertiary/aromatic N) is 2. The highest BCUT2D eigenvalue weighted by atomic mass is 79.9. The van der Waals surface area contributed by atoms with E-state index in [-0.39, 0.29) is 12.0 Å². The van der Waals surface area contributed by atoms with Crippen LogP contribution in [0.15, 0.2) is 27.5 Å². The zero-order chi connectivity index (χ0) is 19.3. The first kappa shape index (κ1) is 19.8. The molecule has 0 radical (unpaired) electrons. The average Bonchev–Trinajstić information content (AvgIpc) is 3.16. The van der Waals surface area contributed by atoms with Gasteiger partial charge < -0.3 is 20.3 Å². The molecule has 2 N–H and O–H groups in total. The van der Waals surface area contributed by atoms with E-state index in [9.17, 15) is 4.79 Å². The van der Waals surface area contributed by atoms with Crippen LogP contribution in [-0.2, 0) is 11.2 Å². The number of aromatic nitrogens is 1. The van der Waals surface area contributed by atoms with Gasteiger partial charge in [-0.25, -0.2) is 4.98 Å². The number of carbonyl (C=O) groups is 1. The molecule has 0 spiro atoms. The van der Waals surface area contributed by atoms with Gasteiger partial charge in [0.05, 0.1) is 24.1 Å². The molecular weight excluding hydrogens is 440 g/mol. The van der Waals surface area contributed by atoms with Gasteiger partial charge in [0, 0.05) is 31.6 Å². The van der Waals surface area contributed by atoms with Crippen molar-refractivity contribution in [3.8, 4) is 0 Å². The van der Waals surface area contributed by atoms with Crippen LogP contribution >= 0.6 is 27.3 Å². The van der Waals surface area contributed by atoms with Gasteiger partial charge in [0.2, 0.25) is 0 Å². The monoisotopic (exact) mass is 464 g/mol. The summed E-state index contributed by atoms with van der Waals surface area (Å²) in [5.41, 5.74) is 3.56. The third-order valence-electron chi connectivity index (χ3n) is 5.18. The first-order valence-electron chi connectivity index (χ1n) is 9.81. The van der Waals surface area contributed by atoms with Gasteiger partial charge in [0.25, 0.3) is 5.91 Å². The van der Waals surface area contributed by atoms with Gasteiger partial charge in [-0.05, 0) is 59.3 Å². The van der Waals surface area contributed by atoms with E-state index in [4.69, 9.17) is 4.74 Å². The molecule has 2 fully saturated rings. The Morgan fingerprint density at radius 1 is 1.36 bits per heavy atom. The first-order chi connectivity index (χ1) is 13.7. The summed E-state index contributed by atoms with van der Waals surface area (Å²) < 4.78 is 6.56. The van der Waals surface area contributed by atoms with Gasteiger partial charge in [0.1, 0.15) is 5.69 Å². The van der Waals surface area contributed by atoms with Crippen LogP contribution in [0.1, 0.15) is 35.3 Å². The summed E-state index contributed by atoms with van der Waals surface area (Å²) in [4.78, 5) is 19.3. The second kappa shape index (κ2) is 9.35. The van der Waals surface area contributed by atoms with Crippen molar-refractivity contribution < 1.29 is 9.53 Å². The first-order valence-corrected chi connectivity index (χ1v) is 11.5. The van der Waals surface area contributed by atoms with E-state index in [2.05, 4.69) is 54.6 Å². The number of thiazole rings is 1. The Bertz CT molecular complexity index is 816. The SMILES string of the molecule is O=C(Nc1cc(CC2CNCCO2)ccc1N1CCCCC1)c1csc(Br)n1. The molecule has 150 valence electrons. The van der Waals surface area contributed by atoms with Crippen LogP contribution in [0.25, 0.3) is 0 Å². The van der Waals surface area contributed by atoms with E-state index in [1.54, 1.807) is 5.38 Å². The summed E-state index contributed by atoms with van der Waals surface area (Å²) in [6.45, 7) is 4.58. The molecule has 2 aromatic rings. The molecule has 0 aliphatic carbocycles. The van der Waals surface area contributed by atoms with E-state index in [1.165, 1.54) is 36.2 Å². The molecule has 0 bridgehead atoms. The maximum atomic E-state index is 12.7. The van der Waals surface area contributed by atoms with Gasteiger partial charge >= 0.3 is 0 Å². The highest BCUT2D eigenvalue weighted by Crippen LogP contribution is 2.31. The van der Waals surface area contributed by atoms with E-state index >= 15 is 0 Å². The highest BCUT2D eigenvalue weighted by molar-refractivity contribution is 9.11. The lowest BCUT2D eigenvalue weighted by atomic mass is 10.0. The Morgan fingerprint density at radius 3 is 2.93 bits per heavy atom. The van der Waals surface area contributed by atoms with Crippen LogP contribution in [0.2, 0.25) is 0 Å². The molecule has 0 saturated carbocycles. The molecule has 1 atom stereocenters. The number of hydrogen-bond acceptors (Lipinski definition) is 6. The van der Waals surface area contributed by atoms with Crippen LogP contribution in [0.4, 0.5) is 11.4 Å². The molecule has 2 aliphatic rings. The van der Waals surface area contributed by atoms with Crippen molar-refractivity contribution in [3.63, 3.8) is 0 Å². The third kappa shape index (κ3) is 4.92. The number of amides is 1. The Labute approximate surface area is 177 Å². The predicted molar refractivity (Wildman–Crippen MR) is 117 cm³/mol. The lowest BCUT2D eigenvalue weighted by molar-refractivity contribution is 0.0292. The van der Waals surface area contributed by atoms with E-state index in [0.29, 0.717) is 9.61 Å². The summed E-state index contributed by atoms with van der Waals surface area (Å²) >= 11 is 4.74. The van der Waals surface area contributed by atoms with Gasteiger partial charge in [0.15, 0.2) is 3.92 Å². The Kier molecular flexibility index (Phi) is 6.61. The number of piperidine rings is 1. The third-order valence-corrected chi connectivity index (χ3v) is 6.55. The summed E-state index contributed by atoms with van der Waals surface area (Å²) in [5, 5.41) is 8.24. The number of halogens is 1. The number of hydrogen-bond donors (Lipinski definition) is 2. The van der Waals surface area contributed by atoms with Crippen molar-refractivity contribution in [1.29, 1.82) is 0 Å². The number of benzene rings is 1. The average molecular weight is 465 g/mol. The van der Waals surface area contributed by atoms with Crippen molar-refractivity contribution in [1.82, 2.24) is 10.3 Å². The zero-order valence-electron chi connectivity index (χ0n) is 15.7.